The third-order valence-electron chi connectivity index (χ3n) is 2.91. The predicted molar refractivity (Wildman–Crippen MR) is 78.3 cm³/mol. The van der Waals surface area contributed by atoms with Crippen LogP contribution in [0, 0.1) is 6.92 Å². The number of aromatic nitrogens is 2. The highest BCUT2D eigenvalue weighted by Crippen LogP contribution is 2.29. The Labute approximate surface area is 112 Å². The Kier molecular flexibility index (Phi) is 4.49. The van der Waals surface area contributed by atoms with Gasteiger partial charge in [-0.2, -0.15) is 0 Å². The zero-order chi connectivity index (χ0) is 13.0. The molecule has 0 bridgehead atoms. The van der Waals surface area contributed by atoms with Gasteiger partial charge in [-0.15, -0.1) is 11.3 Å². The molecule has 0 aliphatic carbocycles. The van der Waals surface area contributed by atoms with Gasteiger partial charge < -0.3 is 10.6 Å². The second kappa shape index (κ2) is 6.11. The van der Waals surface area contributed by atoms with Gasteiger partial charge in [0, 0.05) is 24.5 Å². The topological polar surface area (TPSA) is 55.0 Å². The van der Waals surface area contributed by atoms with Crippen molar-refractivity contribution in [2.45, 2.75) is 26.7 Å². The molecule has 0 aromatic carbocycles. The van der Waals surface area contributed by atoms with Crippen LogP contribution in [0.2, 0.25) is 0 Å². The molecule has 2 aromatic heterocycles. The fourth-order valence-corrected chi connectivity index (χ4v) is 2.89. The first-order valence-corrected chi connectivity index (χ1v) is 7.24. The molecule has 0 radical (unpaired) electrons. The molecule has 2 aromatic rings. The van der Waals surface area contributed by atoms with Crippen molar-refractivity contribution in [1.29, 1.82) is 0 Å². The number of unbranched alkanes of at least 4 members (excludes halogenated alkanes) is 1. The maximum Gasteiger partial charge on any atom is 0.140 e. The minimum atomic E-state index is 0.651. The molecule has 0 saturated carbocycles. The van der Waals surface area contributed by atoms with E-state index < -0.39 is 0 Å². The summed E-state index contributed by atoms with van der Waals surface area (Å²) in [5, 5.41) is 1.16. The lowest BCUT2D eigenvalue weighted by atomic mass is 10.2. The number of fused-ring (bicyclic) bond motifs is 1. The lowest BCUT2D eigenvalue weighted by Gasteiger charge is -2.23. The van der Waals surface area contributed by atoms with E-state index in [0.717, 1.165) is 35.5 Å². The van der Waals surface area contributed by atoms with E-state index in [4.69, 9.17) is 5.73 Å². The van der Waals surface area contributed by atoms with Crippen LogP contribution in [0.25, 0.3) is 10.2 Å². The quantitative estimate of drug-likeness (QED) is 0.871. The number of rotatable bonds is 6. The molecule has 0 unspecified atom stereocenters. The summed E-state index contributed by atoms with van der Waals surface area (Å²) in [4.78, 5) is 13.4. The molecule has 5 heteroatoms. The van der Waals surface area contributed by atoms with Gasteiger partial charge in [-0.25, -0.2) is 9.97 Å². The van der Waals surface area contributed by atoms with Crippen molar-refractivity contribution in [3.8, 4) is 0 Å². The van der Waals surface area contributed by atoms with Crippen LogP contribution in [-0.4, -0.2) is 29.6 Å². The van der Waals surface area contributed by atoms with Gasteiger partial charge >= 0.3 is 0 Å². The van der Waals surface area contributed by atoms with Gasteiger partial charge in [0.1, 0.15) is 17.0 Å². The normalized spacial score (nSPS) is 11.1. The third-order valence-corrected chi connectivity index (χ3v) is 3.87. The average Bonchev–Trinajstić information content (AvgIpc) is 2.74. The molecular weight excluding hydrogens is 244 g/mol. The Morgan fingerprint density at radius 3 is 2.89 bits per heavy atom. The molecule has 0 spiro atoms. The van der Waals surface area contributed by atoms with Crippen LogP contribution in [-0.2, 0) is 0 Å². The van der Waals surface area contributed by atoms with Crippen molar-refractivity contribution in [2.24, 2.45) is 5.73 Å². The number of hydrogen-bond donors (Lipinski definition) is 1. The van der Waals surface area contributed by atoms with Crippen LogP contribution < -0.4 is 10.6 Å². The Hall–Kier alpha value is -1.20. The zero-order valence-corrected chi connectivity index (χ0v) is 11.8. The van der Waals surface area contributed by atoms with Crippen molar-refractivity contribution in [3.05, 3.63) is 17.3 Å². The van der Waals surface area contributed by atoms with E-state index in [1.165, 1.54) is 11.3 Å². The van der Waals surface area contributed by atoms with E-state index in [1.54, 1.807) is 17.7 Å². The predicted octanol–water partition coefficient (Wildman–Crippen LogP) is 2.56. The summed E-state index contributed by atoms with van der Waals surface area (Å²) in [6, 6.07) is 2.17. The maximum absolute atomic E-state index is 5.71. The van der Waals surface area contributed by atoms with Gasteiger partial charge in [-0.1, -0.05) is 13.3 Å². The summed E-state index contributed by atoms with van der Waals surface area (Å²) in [7, 11) is 0. The summed E-state index contributed by atoms with van der Waals surface area (Å²) in [5.41, 5.74) is 5.71. The monoisotopic (exact) mass is 264 g/mol. The molecule has 0 aliphatic rings. The number of hydrogen-bond acceptors (Lipinski definition) is 5. The highest BCUT2D eigenvalue weighted by Gasteiger charge is 2.13. The van der Waals surface area contributed by atoms with Crippen LogP contribution in [0.1, 0.15) is 24.6 Å². The van der Waals surface area contributed by atoms with Crippen LogP contribution in [0.3, 0.4) is 0 Å². The highest BCUT2D eigenvalue weighted by molar-refractivity contribution is 7.18. The zero-order valence-electron chi connectivity index (χ0n) is 11.0. The lowest BCUT2D eigenvalue weighted by Crippen LogP contribution is -2.31. The van der Waals surface area contributed by atoms with Gasteiger partial charge in [0.15, 0.2) is 0 Å². The molecule has 2 N–H and O–H groups in total. The number of thiophene rings is 1. The molecule has 0 atom stereocenters. The van der Waals surface area contributed by atoms with Crippen LogP contribution in [0.5, 0.6) is 0 Å². The molecule has 98 valence electrons. The van der Waals surface area contributed by atoms with Gasteiger partial charge in [0.2, 0.25) is 0 Å². The van der Waals surface area contributed by atoms with E-state index in [9.17, 15) is 0 Å². The number of nitrogens with zero attached hydrogens (tertiary/aromatic N) is 3. The smallest absolute Gasteiger partial charge is 0.140 e. The molecule has 0 saturated heterocycles. The van der Waals surface area contributed by atoms with Crippen molar-refractivity contribution < 1.29 is 0 Å². The fourth-order valence-electron chi connectivity index (χ4n) is 2.04. The van der Waals surface area contributed by atoms with Crippen molar-refractivity contribution in [3.63, 3.8) is 0 Å². The fraction of sp³-hybridized carbons (Fsp3) is 0.538. The molecular formula is C13H20N4S. The largest absolute Gasteiger partial charge is 0.355 e. The molecule has 2 rings (SSSR count). The van der Waals surface area contributed by atoms with Gasteiger partial charge in [-0.05, 0) is 19.4 Å². The maximum atomic E-state index is 5.71. The second-order valence-electron chi connectivity index (χ2n) is 4.40. The number of aryl methyl sites for hydroxylation is 1. The van der Waals surface area contributed by atoms with E-state index in [0.29, 0.717) is 6.54 Å². The summed E-state index contributed by atoms with van der Waals surface area (Å²) in [5.74, 6) is 1.03. The molecule has 18 heavy (non-hydrogen) atoms. The van der Waals surface area contributed by atoms with Gasteiger partial charge in [-0.3, -0.25) is 0 Å². The molecule has 0 fully saturated rings. The van der Waals surface area contributed by atoms with E-state index in [1.807, 2.05) is 0 Å². The molecule has 4 nitrogen and oxygen atoms in total. The van der Waals surface area contributed by atoms with Gasteiger partial charge in [0.25, 0.3) is 0 Å². The summed E-state index contributed by atoms with van der Waals surface area (Å²) in [6.45, 7) is 6.81. The Balaban J connectivity index is 2.36. The standard InChI is InChI=1S/C13H20N4S/c1-3-4-6-17(7-5-14)12-11-8-10(2)18-13(11)16-9-15-12/h8-9H,3-7,14H2,1-2H3. The molecule has 0 amide bonds. The van der Waals surface area contributed by atoms with Crippen molar-refractivity contribution >= 4 is 27.4 Å². The number of nitrogens with two attached hydrogens (primary N) is 1. The third kappa shape index (κ3) is 2.79. The van der Waals surface area contributed by atoms with Crippen LogP contribution in [0.15, 0.2) is 12.4 Å². The second-order valence-corrected chi connectivity index (χ2v) is 5.64. The minimum Gasteiger partial charge on any atom is -0.355 e. The van der Waals surface area contributed by atoms with E-state index >= 15 is 0 Å². The first kappa shape index (κ1) is 13.2. The summed E-state index contributed by atoms with van der Waals surface area (Å²) < 4.78 is 0. The Bertz CT molecular complexity index is 509. The van der Waals surface area contributed by atoms with Crippen LogP contribution >= 0.6 is 11.3 Å². The molecule has 0 aliphatic heterocycles. The van der Waals surface area contributed by atoms with E-state index in [-0.39, 0.29) is 0 Å². The molecule has 2 heterocycles. The van der Waals surface area contributed by atoms with Crippen molar-refractivity contribution in [1.82, 2.24) is 9.97 Å². The SMILES string of the molecule is CCCCN(CCN)c1ncnc2sc(C)cc12. The van der Waals surface area contributed by atoms with Gasteiger partial charge in [0.05, 0.1) is 5.39 Å². The van der Waals surface area contributed by atoms with Crippen LogP contribution in [0.4, 0.5) is 5.82 Å². The van der Waals surface area contributed by atoms with E-state index in [2.05, 4.69) is 34.8 Å². The first-order chi connectivity index (χ1) is 8.76. The lowest BCUT2D eigenvalue weighted by molar-refractivity contribution is 0.709. The average molecular weight is 264 g/mol. The summed E-state index contributed by atoms with van der Waals surface area (Å²) >= 11 is 1.72. The number of anilines is 1. The highest BCUT2D eigenvalue weighted by atomic mass is 32.1. The Morgan fingerprint density at radius 2 is 2.17 bits per heavy atom. The minimum absolute atomic E-state index is 0.651. The first-order valence-electron chi connectivity index (χ1n) is 6.42. The van der Waals surface area contributed by atoms with Crippen molar-refractivity contribution in [2.75, 3.05) is 24.5 Å². The summed E-state index contributed by atoms with van der Waals surface area (Å²) in [6.07, 6.45) is 4.00. The Morgan fingerprint density at radius 1 is 1.33 bits per heavy atom.